The first-order chi connectivity index (χ1) is 19.8. The Kier molecular flexibility index (Phi) is 10.4. The molecule has 0 spiro atoms. The molecule has 2 heterocycles. The Balaban J connectivity index is 0.00000237. The minimum atomic E-state index is -3.81. The van der Waals surface area contributed by atoms with Crippen LogP contribution in [0.4, 0.5) is 5.69 Å². The number of ether oxygens (including phenoxy) is 1. The monoisotopic (exact) mass is 590 g/mol. The molecule has 14 nitrogen and oxygen atoms in total. The van der Waals surface area contributed by atoms with E-state index in [1.807, 2.05) is 13.8 Å². The number of hydrogen-bond donors (Lipinski definition) is 8. The Bertz CT molecular complexity index is 1280. The minimum absolute atomic E-state index is 0.0281. The van der Waals surface area contributed by atoms with Crippen molar-refractivity contribution < 1.29 is 49.8 Å². The number of carbonyl (C=O) groups is 3. The predicted molar refractivity (Wildman–Crippen MR) is 148 cm³/mol. The van der Waals surface area contributed by atoms with Gasteiger partial charge in [0.1, 0.15) is 0 Å². The first-order valence-corrected chi connectivity index (χ1v) is 13.5. The number of anilines is 1. The molecule has 0 bridgehead atoms. The molecule has 2 aliphatic rings. The van der Waals surface area contributed by atoms with Crippen LogP contribution in [0.5, 0.6) is 0 Å². The summed E-state index contributed by atoms with van der Waals surface area (Å²) in [6.07, 6.45) is -0.580. The second-order valence-electron chi connectivity index (χ2n) is 9.69. The lowest BCUT2D eigenvalue weighted by molar-refractivity contribution is -0.345. The molecule has 0 aromatic heterocycles. The summed E-state index contributed by atoms with van der Waals surface area (Å²) in [6.45, 7) is 6.40. The van der Waals surface area contributed by atoms with Gasteiger partial charge in [-0.1, -0.05) is 44.2 Å². The van der Waals surface area contributed by atoms with Crippen LogP contribution < -0.4 is 10.6 Å². The Morgan fingerprint density at radius 1 is 1.02 bits per heavy atom. The van der Waals surface area contributed by atoms with Crippen LogP contribution in [0, 0.1) is 0 Å². The first kappa shape index (κ1) is 33.0. The largest absolute Gasteiger partial charge is 0.379 e. The third kappa shape index (κ3) is 6.45. The van der Waals surface area contributed by atoms with Crippen LogP contribution in [-0.2, 0) is 33.3 Å². The van der Waals surface area contributed by atoms with E-state index in [2.05, 4.69) is 15.5 Å². The summed E-state index contributed by atoms with van der Waals surface area (Å²) in [7, 11) is 1.11. The van der Waals surface area contributed by atoms with Crippen LogP contribution in [0.1, 0.15) is 40.9 Å². The molecule has 230 valence electrons. The molecule has 0 saturated carbocycles. The van der Waals surface area contributed by atoms with Gasteiger partial charge in [0, 0.05) is 55.6 Å². The van der Waals surface area contributed by atoms with E-state index in [1.165, 1.54) is 18.2 Å². The molecule has 2 aliphatic heterocycles. The summed E-state index contributed by atoms with van der Waals surface area (Å²) < 4.78 is 5.37. The van der Waals surface area contributed by atoms with Crippen molar-refractivity contribution in [1.29, 1.82) is 0 Å². The van der Waals surface area contributed by atoms with E-state index in [1.54, 1.807) is 24.3 Å². The standard InChI is InChI=1S/C26H32N4O10.C2H6/c1-27-22(32)21(25(36,37)24(34,35)15-31)30-14-18-17(23(30)33)6-4-8-20(18)28-26(38,39)19-7-3-2-5-16(19)13-29-9-11-40-12-10-29;1-2/h2-8,15,21,28,34-39H,9-14H2,1H3,(H,27,32);1-2H3. The number of aldehydes is 1. The van der Waals surface area contributed by atoms with E-state index in [4.69, 9.17) is 4.74 Å². The fraction of sp³-hybridized carbons (Fsp3) is 0.464. The SMILES string of the molecule is CC.CNC(=O)C(N1Cc2c(NC(O)(O)c3ccccc3CN3CCOCC3)cccc2C1=O)C(O)(O)C(O)(O)C=O. The van der Waals surface area contributed by atoms with Crippen LogP contribution in [0.3, 0.4) is 0 Å². The van der Waals surface area contributed by atoms with Crippen LogP contribution in [-0.4, -0.2) is 110 Å². The number of fused-ring (bicyclic) bond motifs is 1. The first-order valence-electron chi connectivity index (χ1n) is 13.5. The van der Waals surface area contributed by atoms with Gasteiger partial charge in [-0.05, 0) is 17.7 Å². The average Bonchev–Trinajstić information content (AvgIpc) is 3.31. The number of likely N-dealkylation sites (N-methyl/N-ethyl adjacent to an activating group) is 1. The Hall–Kier alpha value is -3.47. The van der Waals surface area contributed by atoms with Gasteiger partial charge >= 0.3 is 0 Å². The molecule has 2 aromatic carbocycles. The van der Waals surface area contributed by atoms with Crippen LogP contribution in [0.25, 0.3) is 0 Å². The van der Waals surface area contributed by atoms with E-state index in [0.717, 1.165) is 7.05 Å². The number of morpholine rings is 1. The van der Waals surface area contributed by atoms with E-state index in [-0.39, 0.29) is 22.4 Å². The van der Waals surface area contributed by atoms with Gasteiger partial charge in [0.25, 0.3) is 23.4 Å². The van der Waals surface area contributed by atoms with Crippen LogP contribution >= 0.6 is 0 Å². The van der Waals surface area contributed by atoms with Gasteiger partial charge in [-0.3, -0.25) is 19.3 Å². The van der Waals surface area contributed by atoms with Crippen molar-refractivity contribution in [3.05, 3.63) is 64.7 Å². The van der Waals surface area contributed by atoms with Gasteiger partial charge < -0.3 is 50.9 Å². The number of nitrogens with one attached hydrogen (secondary N) is 2. The second kappa shape index (κ2) is 13.2. The van der Waals surface area contributed by atoms with Crippen molar-refractivity contribution in [3.63, 3.8) is 0 Å². The third-order valence-corrected chi connectivity index (χ3v) is 7.09. The maximum Gasteiger partial charge on any atom is 0.279 e. The van der Waals surface area contributed by atoms with Crippen molar-refractivity contribution in [3.8, 4) is 0 Å². The molecule has 1 unspecified atom stereocenters. The number of amides is 2. The Morgan fingerprint density at radius 2 is 1.67 bits per heavy atom. The summed E-state index contributed by atoms with van der Waals surface area (Å²) in [5, 5.41) is 67.8. The summed E-state index contributed by atoms with van der Waals surface area (Å²) in [5.41, 5.74) is 0.992. The lowest BCUT2D eigenvalue weighted by atomic mass is 9.96. The van der Waals surface area contributed by atoms with Crippen LogP contribution in [0.2, 0.25) is 0 Å². The van der Waals surface area contributed by atoms with Crippen molar-refractivity contribution in [2.45, 2.75) is 50.5 Å². The lowest BCUT2D eigenvalue weighted by Gasteiger charge is -2.40. The molecular weight excluding hydrogens is 552 g/mol. The zero-order valence-electron chi connectivity index (χ0n) is 23.6. The fourth-order valence-electron chi connectivity index (χ4n) is 4.90. The molecule has 2 aromatic rings. The summed E-state index contributed by atoms with van der Waals surface area (Å²) in [6, 6.07) is 8.62. The van der Waals surface area contributed by atoms with Crippen molar-refractivity contribution >= 4 is 23.8 Å². The lowest BCUT2D eigenvalue weighted by Crippen LogP contribution is -2.70. The average molecular weight is 591 g/mol. The third-order valence-electron chi connectivity index (χ3n) is 7.09. The van der Waals surface area contributed by atoms with Crippen molar-refractivity contribution in [2.24, 2.45) is 0 Å². The van der Waals surface area contributed by atoms with Crippen molar-refractivity contribution in [2.75, 3.05) is 38.7 Å². The zero-order valence-corrected chi connectivity index (χ0v) is 23.6. The van der Waals surface area contributed by atoms with E-state index in [9.17, 15) is 45.0 Å². The molecule has 2 amide bonds. The smallest absolute Gasteiger partial charge is 0.279 e. The number of benzene rings is 2. The van der Waals surface area contributed by atoms with Crippen LogP contribution in [0.15, 0.2) is 42.5 Å². The van der Waals surface area contributed by atoms with Gasteiger partial charge in [0.2, 0.25) is 5.91 Å². The molecule has 0 radical (unpaired) electrons. The Labute approximate surface area is 242 Å². The van der Waals surface area contributed by atoms with Gasteiger partial charge in [-0.25, -0.2) is 0 Å². The number of aliphatic hydroxyl groups is 6. The second-order valence-corrected chi connectivity index (χ2v) is 9.69. The fourth-order valence-corrected chi connectivity index (χ4v) is 4.90. The molecule has 0 aliphatic carbocycles. The molecule has 1 atom stereocenters. The molecule has 1 saturated heterocycles. The molecule has 14 heteroatoms. The van der Waals surface area contributed by atoms with E-state index in [0.29, 0.717) is 43.3 Å². The molecule has 1 fully saturated rings. The van der Waals surface area contributed by atoms with Gasteiger partial charge in [0.15, 0.2) is 12.3 Å². The van der Waals surface area contributed by atoms with E-state index >= 15 is 0 Å². The predicted octanol–water partition coefficient (Wildman–Crippen LogP) is -1.62. The highest BCUT2D eigenvalue weighted by Crippen LogP contribution is 2.36. The topological polar surface area (TPSA) is 212 Å². The normalized spacial score (nSPS) is 16.7. The number of rotatable bonds is 10. The maximum atomic E-state index is 13.3. The molecule has 8 N–H and O–H groups in total. The van der Waals surface area contributed by atoms with Gasteiger partial charge in [-0.2, -0.15) is 0 Å². The molecule has 4 rings (SSSR count). The minimum Gasteiger partial charge on any atom is -0.379 e. The summed E-state index contributed by atoms with van der Waals surface area (Å²) in [4.78, 5) is 39.8. The van der Waals surface area contributed by atoms with Gasteiger partial charge in [-0.15, -0.1) is 0 Å². The van der Waals surface area contributed by atoms with E-state index < -0.39 is 48.2 Å². The highest BCUT2D eigenvalue weighted by Gasteiger charge is 2.60. The number of carbonyl (C=O) groups excluding carboxylic acids is 3. The van der Waals surface area contributed by atoms with Gasteiger partial charge in [0.05, 0.1) is 13.2 Å². The summed E-state index contributed by atoms with van der Waals surface area (Å²) >= 11 is 0. The Morgan fingerprint density at radius 3 is 2.29 bits per heavy atom. The highest BCUT2D eigenvalue weighted by atomic mass is 16.6. The number of hydrogen-bond acceptors (Lipinski definition) is 12. The highest BCUT2D eigenvalue weighted by molar-refractivity contribution is 6.03. The van der Waals surface area contributed by atoms with Crippen molar-refractivity contribution in [1.82, 2.24) is 15.1 Å². The molecule has 42 heavy (non-hydrogen) atoms. The quantitative estimate of drug-likeness (QED) is 0.116. The maximum absolute atomic E-state index is 13.3. The molecular formula is C28H38N4O10. The number of nitrogens with zero attached hydrogens (tertiary/aromatic N) is 2. The zero-order chi connectivity index (χ0) is 31.3. The summed E-state index contributed by atoms with van der Waals surface area (Å²) in [5.74, 6) is -12.3.